The van der Waals surface area contributed by atoms with Gasteiger partial charge in [0.2, 0.25) is 0 Å². The minimum absolute atomic E-state index is 0.0180. The lowest BCUT2D eigenvalue weighted by molar-refractivity contribution is -0.895. The molecule has 8 nitrogen and oxygen atoms in total. The van der Waals surface area contributed by atoms with Gasteiger partial charge in [-0.25, -0.2) is 0 Å². The van der Waals surface area contributed by atoms with Crippen LogP contribution in [0.15, 0.2) is 28.7 Å². The molecular weight excluding hydrogens is 356 g/mol. The fourth-order valence-corrected chi connectivity index (χ4v) is 2.48. The predicted octanol–water partition coefficient (Wildman–Crippen LogP) is 0.790. The average molecular weight is 381 g/mol. The molecule has 1 unspecified atom stereocenters. The molecule has 0 spiro atoms. The number of carbonyl (C=O) groups is 1. The van der Waals surface area contributed by atoms with Gasteiger partial charge >= 0.3 is 0 Å². The van der Waals surface area contributed by atoms with Crippen molar-refractivity contribution in [2.24, 2.45) is 0 Å². The molecule has 0 fully saturated rings. The maximum atomic E-state index is 11.8. The number of methoxy groups -OCH3 is 1. The fraction of sp³-hybridized carbons (Fsp3) is 0.471. The second-order valence-corrected chi connectivity index (χ2v) is 6.59. The standard InChI is InChI=1S/C17H24N4O4S/c1-12(2)18-15(22)9-20(3)11-21-17(26)25-16(19-21)10-24-14-7-5-13(23-4)6-8-14/h5-8,12H,9-11H2,1-4H3,(H,18,22)/p+1. The van der Waals surface area contributed by atoms with Crippen molar-refractivity contribution in [3.63, 3.8) is 0 Å². The second kappa shape index (κ2) is 9.35. The summed E-state index contributed by atoms with van der Waals surface area (Å²) in [5.74, 6) is 1.79. The van der Waals surface area contributed by atoms with Crippen LogP contribution in [0.3, 0.4) is 0 Å². The lowest BCUT2D eigenvalue weighted by Gasteiger charge is -2.14. The Morgan fingerprint density at radius 3 is 2.62 bits per heavy atom. The lowest BCUT2D eigenvalue weighted by Crippen LogP contribution is -3.09. The van der Waals surface area contributed by atoms with Gasteiger partial charge < -0.3 is 24.1 Å². The normalized spacial score (nSPS) is 12.0. The van der Waals surface area contributed by atoms with Gasteiger partial charge in [0.1, 0.15) is 11.5 Å². The van der Waals surface area contributed by atoms with Gasteiger partial charge in [-0.1, -0.05) is 0 Å². The number of likely N-dealkylation sites (N-methyl/N-ethyl adjacent to an activating group) is 1. The van der Waals surface area contributed by atoms with Gasteiger partial charge in [-0.3, -0.25) is 4.79 Å². The summed E-state index contributed by atoms with van der Waals surface area (Å²) >= 11 is 5.19. The molecule has 0 saturated carbocycles. The zero-order valence-corrected chi connectivity index (χ0v) is 16.3. The highest BCUT2D eigenvalue weighted by Crippen LogP contribution is 2.17. The molecule has 0 aliphatic rings. The molecule has 0 radical (unpaired) electrons. The van der Waals surface area contributed by atoms with Crippen molar-refractivity contribution < 1.29 is 23.6 Å². The van der Waals surface area contributed by atoms with E-state index in [4.69, 9.17) is 26.1 Å². The molecular formula is C17H25N4O4S+. The van der Waals surface area contributed by atoms with E-state index in [1.165, 1.54) is 0 Å². The number of hydrogen-bond acceptors (Lipinski definition) is 6. The van der Waals surface area contributed by atoms with E-state index in [2.05, 4.69) is 10.4 Å². The largest absolute Gasteiger partial charge is 0.497 e. The van der Waals surface area contributed by atoms with Crippen LogP contribution in [-0.4, -0.2) is 42.4 Å². The molecule has 1 heterocycles. The van der Waals surface area contributed by atoms with Gasteiger partial charge in [0.15, 0.2) is 19.8 Å². The van der Waals surface area contributed by atoms with Crippen LogP contribution >= 0.6 is 12.2 Å². The Kier molecular flexibility index (Phi) is 7.16. The topological polar surface area (TPSA) is 83.0 Å². The Hall–Kier alpha value is -2.39. The molecule has 2 aromatic rings. The van der Waals surface area contributed by atoms with Crippen LogP contribution in [0.5, 0.6) is 11.5 Å². The Bertz CT molecular complexity index is 770. The molecule has 1 atom stereocenters. The highest BCUT2D eigenvalue weighted by Gasteiger charge is 2.14. The summed E-state index contributed by atoms with van der Waals surface area (Å²) in [5.41, 5.74) is 0. The van der Waals surface area contributed by atoms with E-state index in [9.17, 15) is 4.79 Å². The summed E-state index contributed by atoms with van der Waals surface area (Å²) in [4.78, 5) is 13.0. The predicted molar refractivity (Wildman–Crippen MR) is 97.7 cm³/mol. The number of benzene rings is 1. The molecule has 2 N–H and O–H groups in total. The number of nitrogens with one attached hydrogen (secondary N) is 2. The van der Waals surface area contributed by atoms with E-state index < -0.39 is 0 Å². The zero-order valence-electron chi connectivity index (χ0n) is 15.4. The number of quaternary nitrogens is 1. The smallest absolute Gasteiger partial charge is 0.291 e. The molecule has 0 aliphatic carbocycles. The Morgan fingerprint density at radius 1 is 1.35 bits per heavy atom. The van der Waals surface area contributed by atoms with E-state index in [1.54, 1.807) is 23.9 Å². The second-order valence-electron chi connectivity index (χ2n) is 6.24. The summed E-state index contributed by atoms with van der Waals surface area (Å²) in [5, 5.41) is 7.17. The highest BCUT2D eigenvalue weighted by atomic mass is 32.1. The van der Waals surface area contributed by atoms with E-state index in [0.717, 1.165) is 10.6 Å². The first-order valence-electron chi connectivity index (χ1n) is 8.31. The Labute approximate surface area is 157 Å². The molecule has 0 bridgehead atoms. The van der Waals surface area contributed by atoms with Crippen LogP contribution in [-0.2, 0) is 18.1 Å². The molecule has 142 valence electrons. The number of hydrogen-bond donors (Lipinski definition) is 2. The number of amides is 1. The third kappa shape index (κ3) is 6.16. The van der Waals surface area contributed by atoms with E-state index >= 15 is 0 Å². The molecule has 0 aliphatic heterocycles. The molecule has 26 heavy (non-hydrogen) atoms. The molecule has 1 aromatic carbocycles. The molecule has 1 aromatic heterocycles. The summed E-state index contributed by atoms with van der Waals surface area (Å²) in [7, 11) is 3.50. The van der Waals surface area contributed by atoms with Crippen molar-refractivity contribution in [2.75, 3.05) is 20.7 Å². The van der Waals surface area contributed by atoms with Gasteiger partial charge in [0, 0.05) is 6.04 Å². The van der Waals surface area contributed by atoms with Crippen LogP contribution in [0.25, 0.3) is 0 Å². The van der Waals surface area contributed by atoms with Crippen molar-refractivity contribution in [3.8, 4) is 11.5 Å². The van der Waals surface area contributed by atoms with Crippen molar-refractivity contribution in [1.82, 2.24) is 15.1 Å². The van der Waals surface area contributed by atoms with Crippen molar-refractivity contribution in [3.05, 3.63) is 35.0 Å². The minimum atomic E-state index is -0.0180. The Balaban J connectivity index is 1.89. The number of aromatic nitrogens is 2. The van der Waals surface area contributed by atoms with Crippen LogP contribution in [0.1, 0.15) is 19.7 Å². The first kappa shape index (κ1) is 19.9. The molecule has 0 saturated heterocycles. The number of rotatable bonds is 9. The maximum absolute atomic E-state index is 11.8. The van der Waals surface area contributed by atoms with Gasteiger partial charge in [-0.15, -0.1) is 5.10 Å². The van der Waals surface area contributed by atoms with Gasteiger partial charge in [0.25, 0.3) is 16.6 Å². The number of nitrogens with zero attached hydrogens (tertiary/aromatic N) is 2. The van der Waals surface area contributed by atoms with Crippen molar-refractivity contribution in [2.45, 2.75) is 33.2 Å². The molecule has 1 amide bonds. The third-order valence-corrected chi connectivity index (χ3v) is 3.70. The van der Waals surface area contributed by atoms with Crippen LogP contribution < -0.4 is 19.7 Å². The summed E-state index contributed by atoms with van der Waals surface area (Å²) in [6.45, 7) is 4.77. The van der Waals surface area contributed by atoms with Crippen LogP contribution in [0.2, 0.25) is 0 Å². The van der Waals surface area contributed by atoms with E-state index in [-0.39, 0.29) is 23.4 Å². The van der Waals surface area contributed by atoms with Crippen molar-refractivity contribution >= 4 is 18.1 Å². The molecule has 2 rings (SSSR count). The maximum Gasteiger partial charge on any atom is 0.291 e. The summed E-state index contributed by atoms with van der Waals surface area (Å²) in [6.07, 6.45) is 0. The number of carbonyl (C=O) groups excluding carboxylic acids is 1. The Morgan fingerprint density at radius 2 is 2.00 bits per heavy atom. The molecule has 9 heteroatoms. The minimum Gasteiger partial charge on any atom is -0.497 e. The zero-order chi connectivity index (χ0) is 19.1. The van der Waals surface area contributed by atoms with Gasteiger partial charge in [-0.05, 0) is 50.3 Å². The quantitative estimate of drug-likeness (QED) is 0.625. The van der Waals surface area contributed by atoms with Gasteiger partial charge in [-0.2, -0.15) is 4.68 Å². The van der Waals surface area contributed by atoms with Crippen LogP contribution in [0.4, 0.5) is 0 Å². The van der Waals surface area contributed by atoms with Crippen molar-refractivity contribution in [1.29, 1.82) is 0 Å². The first-order chi connectivity index (χ1) is 12.4. The SMILES string of the molecule is COc1ccc(OCc2nn(C[NH+](C)CC(=O)NC(C)C)c(=S)o2)cc1. The average Bonchev–Trinajstić information content (AvgIpc) is 2.92. The monoisotopic (exact) mass is 381 g/mol. The van der Waals surface area contributed by atoms with Crippen LogP contribution in [0, 0.1) is 4.84 Å². The van der Waals surface area contributed by atoms with E-state index in [0.29, 0.717) is 24.9 Å². The third-order valence-electron chi connectivity index (χ3n) is 3.40. The van der Waals surface area contributed by atoms with E-state index in [1.807, 2.05) is 33.0 Å². The summed E-state index contributed by atoms with van der Waals surface area (Å²) < 4.78 is 17.7. The number of ether oxygens (including phenoxy) is 2. The highest BCUT2D eigenvalue weighted by molar-refractivity contribution is 7.71. The summed E-state index contributed by atoms with van der Waals surface area (Å²) in [6, 6.07) is 7.34. The first-order valence-corrected chi connectivity index (χ1v) is 8.72. The van der Waals surface area contributed by atoms with Gasteiger partial charge in [0.05, 0.1) is 14.2 Å². The fourth-order valence-electron chi connectivity index (χ4n) is 2.28. The lowest BCUT2D eigenvalue weighted by atomic mass is 10.3.